The van der Waals surface area contributed by atoms with Crippen LogP contribution in [0.15, 0.2) is 0 Å². The maximum absolute atomic E-state index is 11.7. The minimum absolute atomic E-state index is 0.00819. The highest BCUT2D eigenvalue weighted by Crippen LogP contribution is 2.05. The number of alkyl carbamates (subject to hydrolysis) is 1. The van der Waals surface area contributed by atoms with Crippen LogP contribution >= 0.6 is 0 Å². The molecule has 0 spiro atoms. The number of methoxy groups -OCH3 is 1. The normalized spacial score (nSPS) is 12.3. The predicted octanol–water partition coefficient (Wildman–Crippen LogP) is 0.675. The number of hydrogen-bond donors (Lipinski definition) is 2. The molecule has 0 saturated carbocycles. The number of rotatable bonds is 6. The lowest BCUT2D eigenvalue weighted by molar-refractivity contribution is -0.124. The fraction of sp³-hybridized carbons (Fsp3) is 0.800. The Kier molecular flexibility index (Phi) is 6.70. The zero-order valence-electron chi connectivity index (χ0n) is 9.58. The SMILES string of the molecule is COC(=O)N[C@@H](CCCN)C(=O)C(C)C. The molecule has 0 aliphatic rings. The fourth-order valence-electron chi connectivity index (χ4n) is 1.21. The zero-order valence-corrected chi connectivity index (χ0v) is 9.58. The van der Waals surface area contributed by atoms with Crippen molar-refractivity contribution in [1.29, 1.82) is 0 Å². The predicted molar refractivity (Wildman–Crippen MR) is 57.5 cm³/mol. The summed E-state index contributed by atoms with van der Waals surface area (Å²) in [6, 6.07) is -0.485. The van der Waals surface area contributed by atoms with E-state index in [1.807, 2.05) is 0 Å². The molecule has 0 heterocycles. The number of ether oxygens (including phenoxy) is 1. The first-order chi connectivity index (χ1) is 7.02. The van der Waals surface area contributed by atoms with E-state index < -0.39 is 12.1 Å². The van der Waals surface area contributed by atoms with Crippen LogP contribution in [0.5, 0.6) is 0 Å². The minimum Gasteiger partial charge on any atom is -0.453 e. The van der Waals surface area contributed by atoms with E-state index in [1.165, 1.54) is 7.11 Å². The third kappa shape index (κ3) is 5.37. The quantitative estimate of drug-likeness (QED) is 0.684. The summed E-state index contributed by atoms with van der Waals surface area (Å²) < 4.78 is 4.46. The summed E-state index contributed by atoms with van der Waals surface area (Å²) >= 11 is 0. The highest BCUT2D eigenvalue weighted by Gasteiger charge is 2.22. The third-order valence-electron chi connectivity index (χ3n) is 2.09. The van der Waals surface area contributed by atoms with Gasteiger partial charge in [0, 0.05) is 5.92 Å². The van der Waals surface area contributed by atoms with E-state index in [9.17, 15) is 9.59 Å². The Labute approximate surface area is 90.4 Å². The molecule has 88 valence electrons. The van der Waals surface area contributed by atoms with Crippen molar-refractivity contribution in [2.45, 2.75) is 32.7 Å². The molecular formula is C10H20N2O3. The van der Waals surface area contributed by atoms with Crippen molar-refractivity contribution in [2.75, 3.05) is 13.7 Å². The van der Waals surface area contributed by atoms with E-state index in [1.54, 1.807) is 13.8 Å². The maximum Gasteiger partial charge on any atom is 0.407 e. The van der Waals surface area contributed by atoms with Crippen LogP contribution in [-0.2, 0) is 9.53 Å². The average molecular weight is 216 g/mol. The number of nitrogens with one attached hydrogen (secondary N) is 1. The highest BCUT2D eigenvalue weighted by atomic mass is 16.5. The van der Waals surface area contributed by atoms with Crippen LogP contribution in [0.1, 0.15) is 26.7 Å². The number of carbonyl (C=O) groups is 2. The second-order valence-electron chi connectivity index (χ2n) is 3.68. The second-order valence-corrected chi connectivity index (χ2v) is 3.68. The largest absolute Gasteiger partial charge is 0.453 e. The fourth-order valence-corrected chi connectivity index (χ4v) is 1.21. The Morgan fingerprint density at radius 3 is 2.40 bits per heavy atom. The van der Waals surface area contributed by atoms with E-state index in [2.05, 4.69) is 10.1 Å². The van der Waals surface area contributed by atoms with Gasteiger partial charge in [0.2, 0.25) is 0 Å². The summed E-state index contributed by atoms with van der Waals surface area (Å²) in [5.41, 5.74) is 5.36. The lowest BCUT2D eigenvalue weighted by Crippen LogP contribution is -2.42. The number of amides is 1. The van der Waals surface area contributed by atoms with Crippen molar-refractivity contribution in [1.82, 2.24) is 5.32 Å². The molecule has 0 fully saturated rings. The van der Waals surface area contributed by atoms with Gasteiger partial charge in [-0.1, -0.05) is 13.8 Å². The summed E-state index contributed by atoms with van der Waals surface area (Å²) in [5.74, 6) is -0.0984. The Bertz CT molecular complexity index is 217. The molecule has 1 amide bonds. The molecule has 0 saturated heterocycles. The number of ketones is 1. The monoisotopic (exact) mass is 216 g/mol. The molecule has 0 aromatic carbocycles. The summed E-state index contributed by atoms with van der Waals surface area (Å²) in [6.07, 6.45) is 0.682. The molecule has 0 rings (SSSR count). The van der Waals surface area contributed by atoms with Crippen LogP contribution in [0.4, 0.5) is 4.79 Å². The average Bonchev–Trinajstić information content (AvgIpc) is 2.22. The third-order valence-corrected chi connectivity index (χ3v) is 2.09. The molecule has 3 N–H and O–H groups in total. The first kappa shape index (κ1) is 13.9. The highest BCUT2D eigenvalue weighted by molar-refractivity contribution is 5.88. The molecule has 0 aliphatic heterocycles. The van der Waals surface area contributed by atoms with Crippen molar-refractivity contribution in [3.8, 4) is 0 Å². The zero-order chi connectivity index (χ0) is 11.8. The molecule has 0 bridgehead atoms. The van der Waals surface area contributed by atoms with Gasteiger partial charge >= 0.3 is 6.09 Å². The van der Waals surface area contributed by atoms with Gasteiger partial charge in [-0.15, -0.1) is 0 Å². The molecule has 5 nitrogen and oxygen atoms in total. The Morgan fingerprint density at radius 1 is 1.40 bits per heavy atom. The van der Waals surface area contributed by atoms with E-state index in [-0.39, 0.29) is 11.7 Å². The first-order valence-electron chi connectivity index (χ1n) is 5.11. The summed E-state index contributed by atoms with van der Waals surface area (Å²) in [6.45, 7) is 4.11. The molecule has 15 heavy (non-hydrogen) atoms. The van der Waals surface area contributed by atoms with Gasteiger partial charge in [0.15, 0.2) is 5.78 Å². The van der Waals surface area contributed by atoms with Crippen molar-refractivity contribution >= 4 is 11.9 Å². The van der Waals surface area contributed by atoms with Crippen molar-refractivity contribution in [3.05, 3.63) is 0 Å². The van der Waals surface area contributed by atoms with Gasteiger partial charge in [-0.25, -0.2) is 4.79 Å². The van der Waals surface area contributed by atoms with Gasteiger partial charge in [0.25, 0.3) is 0 Å². The molecule has 0 aromatic heterocycles. The van der Waals surface area contributed by atoms with Crippen molar-refractivity contribution in [3.63, 3.8) is 0 Å². The van der Waals surface area contributed by atoms with Gasteiger partial charge in [0.1, 0.15) is 0 Å². The lowest BCUT2D eigenvalue weighted by Gasteiger charge is -2.18. The Morgan fingerprint density at radius 2 is 2.00 bits per heavy atom. The van der Waals surface area contributed by atoms with E-state index in [4.69, 9.17) is 5.73 Å². The van der Waals surface area contributed by atoms with E-state index in [0.29, 0.717) is 19.4 Å². The van der Waals surface area contributed by atoms with Gasteiger partial charge in [-0.2, -0.15) is 0 Å². The Balaban J connectivity index is 4.29. The van der Waals surface area contributed by atoms with E-state index >= 15 is 0 Å². The van der Waals surface area contributed by atoms with Crippen molar-refractivity contribution < 1.29 is 14.3 Å². The molecule has 0 aliphatic carbocycles. The lowest BCUT2D eigenvalue weighted by atomic mass is 9.98. The van der Waals surface area contributed by atoms with Crippen LogP contribution in [-0.4, -0.2) is 31.6 Å². The van der Waals surface area contributed by atoms with Crippen LogP contribution in [0.2, 0.25) is 0 Å². The topological polar surface area (TPSA) is 81.4 Å². The summed E-state index contributed by atoms with van der Waals surface area (Å²) in [7, 11) is 1.27. The second kappa shape index (κ2) is 7.23. The summed E-state index contributed by atoms with van der Waals surface area (Å²) in [4.78, 5) is 22.7. The molecule has 5 heteroatoms. The molecule has 0 unspecified atom stereocenters. The van der Waals surface area contributed by atoms with Gasteiger partial charge in [0.05, 0.1) is 13.2 Å². The van der Waals surface area contributed by atoms with Gasteiger partial charge < -0.3 is 15.8 Å². The number of carbonyl (C=O) groups excluding carboxylic acids is 2. The number of hydrogen-bond acceptors (Lipinski definition) is 4. The molecule has 0 aromatic rings. The van der Waals surface area contributed by atoms with Gasteiger partial charge in [-0.3, -0.25) is 4.79 Å². The molecular weight excluding hydrogens is 196 g/mol. The molecule has 1 atom stereocenters. The van der Waals surface area contributed by atoms with E-state index in [0.717, 1.165) is 0 Å². The van der Waals surface area contributed by atoms with Crippen LogP contribution in [0, 0.1) is 5.92 Å². The standard InChI is InChI=1S/C10H20N2O3/c1-7(2)9(13)8(5-4-6-11)12-10(14)15-3/h7-8H,4-6,11H2,1-3H3,(H,12,14)/t8-/m0/s1. The van der Waals surface area contributed by atoms with Crippen molar-refractivity contribution in [2.24, 2.45) is 11.7 Å². The first-order valence-corrected chi connectivity index (χ1v) is 5.11. The molecule has 0 radical (unpaired) electrons. The Hall–Kier alpha value is -1.10. The maximum atomic E-state index is 11.7. The smallest absolute Gasteiger partial charge is 0.407 e. The van der Waals surface area contributed by atoms with Crippen LogP contribution in [0.3, 0.4) is 0 Å². The number of Topliss-reactive ketones (excluding diaryl/α,β-unsaturated/α-hetero) is 1. The minimum atomic E-state index is -0.578. The van der Waals surface area contributed by atoms with Crippen LogP contribution < -0.4 is 11.1 Å². The summed E-state index contributed by atoms with van der Waals surface area (Å²) in [5, 5.41) is 2.52. The van der Waals surface area contributed by atoms with Gasteiger partial charge in [-0.05, 0) is 19.4 Å². The van der Waals surface area contributed by atoms with Crippen LogP contribution in [0.25, 0.3) is 0 Å². The number of nitrogens with two attached hydrogens (primary N) is 1.